The standard InChI is InChI=1S/C24H28F3N3O6/c25-24(26,27)19-18-17(36-21(19)22(31)28-9-14-12-32-4-6-34-14)8-23(2-1-3-23)16-11-30(29-20(16)18)10-15-13-33-5-7-35-15/h11,14-15H,1-10,12-13H2,(H,28,31)/t14-,15+/m1/s1. The molecule has 2 aromatic rings. The summed E-state index contributed by atoms with van der Waals surface area (Å²) in [5.41, 5.74) is -0.506. The van der Waals surface area contributed by atoms with E-state index in [1.54, 1.807) is 4.68 Å². The molecule has 196 valence electrons. The van der Waals surface area contributed by atoms with Crippen LogP contribution in [0.15, 0.2) is 10.6 Å². The van der Waals surface area contributed by atoms with Crippen LogP contribution in [-0.2, 0) is 43.5 Å². The Labute approximate surface area is 205 Å². The van der Waals surface area contributed by atoms with Crippen molar-refractivity contribution in [3.05, 3.63) is 28.8 Å². The van der Waals surface area contributed by atoms with Gasteiger partial charge in [0, 0.05) is 30.1 Å². The van der Waals surface area contributed by atoms with Crippen LogP contribution >= 0.6 is 0 Å². The molecule has 12 heteroatoms. The highest BCUT2D eigenvalue weighted by Crippen LogP contribution is 2.56. The lowest BCUT2D eigenvalue weighted by Crippen LogP contribution is -2.40. The summed E-state index contributed by atoms with van der Waals surface area (Å²) in [5.74, 6) is -1.49. The first-order valence-electron chi connectivity index (χ1n) is 12.3. The second kappa shape index (κ2) is 9.16. The Morgan fingerprint density at radius 3 is 2.44 bits per heavy atom. The summed E-state index contributed by atoms with van der Waals surface area (Å²) < 4.78 is 72.6. The van der Waals surface area contributed by atoms with Crippen LogP contribution in [0.1, 0.15) is 46.7 Å². The van der Waals surface area contributed by atoms with Crippen LogP contribution in [-0.4, -0.2) is 74.1 Å². The average molecular weight is 511 g/mol. The van der Waals surface area contributed by atoms with E-state index in [1.165, 1.54) is 0 Å². The molecule has 1 N–H and O–H groups in total. The van der Waals surface area contributed by atoms with Gasteiger partial charge in [0.05, 0.1) is 57.9 Å². The van der Waals surface area contributed by atoms with Crippen molar-refractivity contribution in [1.82, 2.24) is 15.1 Å². The summed E-state index contributed by atoms with van der Waals surface area (Å²) in [6, 6.07) is 0. The van der Waals surface area contributed by atoms with Gasteiger partial charge in [0.15, 0.2) is 0 Å². The third-order valence-corrected chi connectivity index (χ3v) is 7.50. The maximum Gasteiger partial charge on any atom is 0.420 e. The molecule has 2 saturated heterocycles. The smallest absolute Gasteiger partial charge is 0.420 e. The first kappa shape index (κ1) is 24.0. The Kier molecular flexibility index (Phi) is 6.09. The van der Waals surface area contributed by atoms with E-state index in [9.17, 15) is 18.0 Å². The molecule has 36 heavy (non-hydrogen) atoms. The number of aromatic nitrogens is 2. The van der Waals surface area contributed by atoms with Crippen molar-refractivity contribution in [2.75, 3.05) is 46.2 Å². The summed E-state index contributed by atoms with van der Waals surface area (Å²) in [5, 5.41) is 7.11. The van der Waals surface area contributed by atoms with Gasteiger partial charge in [-0.05, 0) is 12.8 Å². The highest BCUT2D eigenvalue weighted by atomic mass is 19.4. The molecule has 1 saturated carbocycles. The maximum atomic E-state index is 14.4. The second-order valence-electron chi connectivity index (χ2n) is 9.87. The van der Waals surface area contributed by atoms with Crippen molar-refractivity contribution in [2.45, 2.75) is 56.0 Å². The summed E-state index contributed by atoms with van der Waals surface area (Å²) in [4.78, 5) is 12.9. The maximum absolute atomic E-state index is 14.4. The van der Waals surface area contributed by atoms with E-state index in [-0.39, 0.29) is 41.7 Å². The van der Waals surface area contributed by atoms with Gasteiger partial charge >= 0.3 is 6.18 Å². The van der Waals surface area contributed by atoms with Crippen LogP contribution in [0.25, 0.3) is 11.3 Å². The van der Waals surface area contributed by atoms with E-state index in [4.69, 9.17) is 23.4 Å². The molecular formula is C24H28F3N3O6. The molecule has 4 heterocycles. The van der Waals surface area contributed by atoms with Crippen LogP contribution in [0.3, 0.4) is 0 Å². The van der Waals surface area contributed by atoms with Gasteiger partial charge in [-0.1, -0.05) is 6.42 Å². The van der Waals surface area contributed by atoms with Crippen molar-refractivity contribution in [3.8, 4) is 11.3 Å². The SMILES string of the molecule is O=C(NC[C@@H]1COCCO1)c1oc2c(c1C(F)(F)F)-c1nn(C[C@H]3COCCO3)cc1C1(CCC1)C2. The van der Waals surface area contributed by atoms with Gasteiger partial charge < -0.3 is 28.7 Å². The molecule has 9 nitrogen and oxygen atoms in total. The monoisotopic (exact) mass is 511 g/mol. The van der Waals surface area contributed by atoms with Gasteiger partial charge in [0.1, 0.15) is 23.1 Å². The second-order valence-corrected chi connectivity index (χ2v) is 9.87. The fourth-order valence-corrected chi connectivity index (χ4v) is 5.62. The van der Waals surface area contributed by atoms with Crippen molar-refractivity contribution >= 4 is 5.91 Å². The largest absolute Gasteiger partial charge is 0.454 e. The molecule has 0 aromatic carbocycles. The van der Waals surface area contributed by atoms with E-state index in [0.717, 1.165) is 24.8 Å². The molecule has 2 aliphatic heterocycles. The molecule has 2 aromatic heterocycles. The molecule has 4 aliphatic rings. The molecule has 3 fully saturated rings. The normalized spacial score (nSPS) is 25.2. The number of fused-ring (bicyclic) bond motifs is 4. The number of halogens is 3. The molecule has 0 radical (unpaired) electrons. The third-order valence-electron chi connectivity index (χ3n) is 7.50. The van der Waals surface area contributed by atoms with E-state index in [1.807, 2.05) is 6.20 Å². The highest BCUT2D eigenvalue weighted by Gasteiger charge is 2.52. The summed E-state index contributed by atoms with van der Waals surface area (Å²) in [6.07, 6.45) is -0.678. The Morgan fingerprint density at radius 2 is 1.83 bits per heavy atom. The van der Waals surface area contributed by atoms with E-state index < -0.39 is 29.5 Å². The van der Waals surface area contributed by atoms with Crippen molar-refractivity contribution in [3.63, 3.8) is 0 Å². The number of hydrogen-bond donors (Lipinski definition) is 1. The Hall–Kier alpha value is -2.41. The minimum absolute atomic E-state index is 0.0226. The van der Waals surface area contributed by atoms with Gasteiger partial charge in [-0.15, -0.1) is 0 Å². The Morgan fingerprint density at radius 1 is 1.11 bits per heavy atom. The fourth-order valence-electron chi connectivity index (χ4n) is 5.62. The number of alkyl halides is 3. The van der Waals surface area contributed by atoms with Crippen LogP contribution < -0.4 is 5.32 Å². The summed E-state index contributed by atoms with van der Waals surface area (Å²) in [7, 11) is 0. The number of nitrogens with zero attached hydrogens (tertiary/aromatic N) is 2. The molecule has 2 atom stereocenters. The van der Waals surface area contributed by atoms with E-state index in [2.05, 4.69) is 10.4 Å². The molecule has 2 aliphatic carbocycles. The van der Waals surface area contributed by atoms with Gasteiger partial charge in [0.2, 0.25) is 5.76 Å². The number of ether oxygens (including phenoxy) is 4. The quantitative estimate of drug-likeness (QED) is 0.660. The first-order chi connectivity index (χ1) is 17.3. The lowest BCUT2D eigenvalue weighted by molar-refractivity contribution is -0.137. The molecule has 6 rings (SSSR count). The zero-order chi connectivity index (χ0) is 24.9. The zero-order valence-electron chi connectivity index (χ0n) is 19.7. The summed E-state index contributed by atoms with van der Waals surface area (Å²) in [6.45, 7) is 2.87. The third kappa shape index (κ3) is 4.23. The number of nitrogens with one attached hydrogen (secondary N) is 1. The van der Waals surface area contributed by atoms with Gasteiger partial charge in [0.25, 0.3) is 5.91 Å². The number of furan rings is 1. The van der Waals surface area contributed by atoms with Crippen molar-refractivity contribution in [1.29, 1.82) is 0 Å². The molecule has 1 amide bonds. The number of rotatable bonds is 5. The fraction of sp³-hybridized carbons (Fsp3) is 0.667. The van der Waals surface area contributed by atoms with Crippen LogP contribution in [0.4, 0.5) is 13.2 Å². The lowest BCUT2D eigenvalue weighted by atomic mass is 9.59. The topological polar surface area (TPSA) is 97.0 Å². The van der Waals surface area contributed by atoms with Gasteiger partial charge in [-0.25, -0.2) is 0 Å². The minimum atomic E-state index is -4.81. The predicted octanol–water partition coefficient (Wildman–Crippen LogP) is 2.70. The number of amides is 1. The van der Waals surface area contributed by atoms with E-state index in [0.29, 0.717) is 46.0 Å². The zero-order valence-corrected chi connectivity index (χ0v) is 19.7. The molecular weight excluding hydrogens is 483 g/mol. The molecule has 0 bridgehead atoms. The summed E-state index contributed by atoms with van der Waals surface area (Å²) >= 11 is 0. The minimum Gasteiger partial charge on any atom is -0.454 e. The molecule has 0 unspecified atom stereocenters. The predicted molar refractivity (Wildman–Crippen MR) is 118 cm³/mol. The average Bonchev–Trinajstić information content (AvgIpc) is 3.43. The highest BCUT2D eigenvalue weighted by molar-refractivity contribution is 5.96. The van der Waals surface area contributed by atoms with Crippen LogP contribution in [0.2, 0.25) is 0 Å². The number of hydrogen-bond acceptors (Lipinski definition) is 7. The molecule has 1 spiro atoms. The number of carbonyl (C=O) groups excluding carboxylic acids is 1. The van der Waals surface area contributed by atoms with Gasteiger partial charge in [-0.3, -0.25) is 9.48 Å². The van der Waals surface area contributed by atoms with Crippen molar-refractivity contribution in [2.24, 2.45) is 0 Å². The lowest BCUT2D eigenvalue weighted by Gasteiger charge is -2.43. The van der Waals surface area contributed by atoms with Crippen molar-refractivity contribution < 1.29 is 41.3 Å². The van der Waals surface area contributed by atoms with E-state index >= 15 is 0 Å². The number of carbonyl (C=O) groups is 1. The first-order valence-corrected chi connectivity index (χ1v) is 12.3. The van der Waals surface area contributed by atoms with Gasteiger partial charge in [-0.2, -0.15) is 18.3 Å². The Bertz CT molecular complexity index is 1130. The van der Waals surface area contributed by atoms with Crippen LogP contribution in [0.5, 0.6) is 0 Å². The Balaban J connectivity index is 1.35. The van der Waals surface area contributed by atoms with Crippen LogP contribution in [0, 0.1) is 0 Å².